The topological polar surface area (TPSA) is 168 Å². The number of ketones is 2. The number of carbonyl (C=O) groups is 3. The van der Waals surface area contributed by atoms with Gasteiger partial charge in [-0.05, 0) is 58.6 Å². The van der Waals surface area contributed by atoms with E-state index in [0.717, 1.165) is 0 Å². The fraction of sp³-hybridized carbons (Fsp3) is 0.536. The van der Waals surface area contributed by atoms with Crippen LogP contribution in [0.4, 0.5) is 5.69 Å². The van der Waals surface area contributed by atoms with Crippen molar-refractivity contribution < 1.29 is 34.8 Å². The Morgan fingerprint density at radius 2 is 1.79 bits per heavy atom. The van der Waals surface area contributed by atoms with Crippen molar-refractivity contribution in [3.8, 4) is 17.6 Å². The fourth-order valence-corrected chi connectivity index (χ4v) is 6.44. The third-order valence-corrected chi connectivity index (χ3v) is 8.17. The van der Waals surface area contributed by atoms with Gasteiger partial charge in [0.15, 0.2) is 11.4 Å². The van der Waals surface area contributed by atoms with Gasteiger partial charge in [0.25, 0.3) is 0 Å². The summed E-state index contributed by atoms with van der Waals surface area (Å²) in [6.07, 6.45) is -1.23. The van der Waals surface area contributed by atoms with Gasteiger partial charge in [-0.15, -0.1) is 0 Å². The number of anilines is 1. The van der Waals surface area contributed by atoms with E-state index in [9.17, 15) is 34.8 Å². The van der Waals surface area contributed by atoms with Crippen LogP contribution in [0.3, 0.4) is 0 Å². The average molecular weight is 541 g/mol. The highest BCUT2D eigenvalue weighted by molar-refractivity contribution is 6.25. The van der Waals surface area contributed by atoms with Crippen LogP contribution in [0.5, 0.6) is 5.75 Å². The molecule has 2 fully saturated rings. The second-order valence-corrected chi connectivity index (χ2v) is 11.4. The van der Waals surface area contributed by atoms with E-state index in [2.05, 4.69) is 11.8 Å². The second-order valence-electron chi connectivity index (χ2n) is 11.4. The third kappa shape index (κ3) is 4.28. The first kappa shape index (κ1) is 28.6. The first-order chi connectivity index (χ1) is 18.1. The Hall–Kier alpha value is -3.43. The zero-order chi connectivity index (χ0) is 29.1. The number of nitrogens with two attached hydrogens (primary N) is 1. The summed E-state index contributed by atoms with van der Waals surface area (Å²) in [6.45, 7) is 0.428. The first-order valence-electron chi connectivity index (χ1n) is 12.7. The SMILES string of the molecule is CN(C)CC#Cc1cc(N(C)C)c2c(c1O)C(O)=C1C(=O)[C@@]3(O)C(=O)C(C(N)=O)C(O)[C@H](N(C)C)[C@H]3C[C@H]1C2. The maximum atomic E-state index is 14.0. The Morgan fingerprint density at radius 3 is 2.33 bits per heavy atom. The summed E-state index contributed by atoms with van der Waals surface area (Å²) in [6, 6.07) is 0.791. The number of phenolic OH excluding ortho intramolecular Hbond substituents is 1. The lowest BCUT2D eigenvalue weighted by molar-refractivity contribution is -0.184. The van der Waals surface area contributed by atoms with Crippen molar-refractivity contribution in [2.45, 2.75) is 30.6 Å². The van der Waals surface area contributed by atoms with E-state index in [-0.39, 0.29) is 35.3 Å². The number of hydrogen-bond acceptors (Lipinski definition) is 10. The van der Waals surface area contributed by atoms with E-state index in [1.807, 2.05) is 38.0 Å². The van der Waals surface area contributed by atoms with Gasteiger partial charge in [-0.2, -0.15) is 0 Å². The van der Waals surface area contributed by atoms with Gasteiger partial charge >= 0.3 is 0 Å². The van der Waals surface area contributed by atoms with E-state index in [4.69, 9.17) is 5.73 Å². The molecule has 4 rings (SSSR count). The number of aliphatic hydroxyl groups is 3. The molecule has 0 radical (unpaired) electrons. The normalized spacial score (nSPS) is 29.9. The molecule has 6 N–H and O–H groups in total. The Balaban J connectivity index is 1.94. The van der Waals surface area contributed by atoms with E-state index >= 15 is 0 Å². The van der Waals surface area contributed by atoms with Gasteiger partial charge in [0.2, 0.25) is 11.7 Å². The Morgan fingerprint density at radius 1 is 1.15 bits per heavy atom. The lowest BCUT2D eigenvalue weighted by Crippen LogP contribution is -2.73. The number of carbonyl (C=O) groups excluding carboxylic acids is 3. The van der Waals surface area contributed by atoms with Crippen molar-refractivity contribution in [2.24, 2.45) is 23.5 Å². The summed E-state index contributed by atoms with van der Waals surface area (Å²) in [5.41, 5.74) is 4.11. The number of aliphatic hydroxyl groups excluding tert-OH is 2. The van der Waals surface area contributed by atoms with Crippen molar-refractivity contribution in [1.29, 1.82) is 0 Å². The molecule has 2 saturated carbocycles. The number of rotatable bonds is 4. The second kappa shape index (κ2) is 9.95. The Labute approximate surface area is 227 Å². The number of aromatic hydroxyl groups is 1. The number of likely N-dealkylation sites (N-methyl/N-ethyl adjacent to an activating group) is 1. The third-order valence-electron chi connectivity index (χ3n) is 8.17. The van der Waals surface area contributed by atoms with Gasteiger partial charge in [0.05, 0.1) is 23.8 Å². The van der Waals surface area contributed by atoms with Crippen LogP contribution in [0.25, 0.3) is 5.76 Å². The minimum absolute atomic E-state index is 0.0240. The molecule has 6 atom stereocenters. The number of nitrogens with zero attached hydrogens (tertiary/aromatic N) is 3. The Kier molecular flexibility index (Phi) is 7.29. The summed E-state index contributed by atoms with van der Waals surface area (Å²) < 4.78 is 0. The van der Waals surface area contributed by atoms with Crippen LogP contribution in [-0.4, -0.2) is 114 Å². The van der Waals surface area contributed by atoms with Gasteiger partial charge in [0.1, 0.15) is 17.4 Å². The predicted molar refractivity (Wildman–Crippen MR) is 144 cm³/mol. The van der Waals surface area contributed by atoms with Gasteiger partial charge in [-0.25, -0.2) is 0 Å². The van der Waals surface area contributed by atoms with Gasteiger partial charge in [-0.3, -0.25) is 19.3 Å². The molecule has 0 heterocycles. The summed E-state index contributed by atoms with van der Waals surface area (Å²) in [4.78, 5) is 44.8. The molecule has 2 unspecified atom stereocenters. The van der Waals surface area contributed by atoms with Crippen molar-refractivity contribution in [3.63, 3.8) is 0 Å². The monoisotopic (exact) mass is 540 g/mol. The number of amides is 1. The maximum Gasteiger partial charge on any atom is 0.230 e. The number of benzene rings is 1. The summed E-state index contributed by atoms with van der Waals surface area (Å²) in [5.74, 6) is -1.82. The van der Waals surface area contributed by atoms with Crippen molar-refractivity contribution in [1.82, 2.24) is 9.80 Å². The first-order valence-corrected chi connectivity index (χ1v) is 12.7. The van der Waals surface area contributed by atoms with Crippen molar-refractivity contribution in [2.75, 3.05) is 53.7 Å². The molecule has 0 saturated heterocycles. The molecule has 3 aliphatic carbocycles. The van der Waals surface area contributed by atoms with Gasteiger partial charge in [-0.1, -0.05) is 11.8 Å². The molecular weight excluding hydrogens is 504 g/mol. The summed E-state index contributed by atoms with van der Waals surface area (Å²) >= 11 is 0. The quantitative estimate of drug-likeness (QED) is 0.239. The average Bonchev–Trinajstić information content (AvgIpc) is 2.81. The van der Waals surface area contributed by atoms with Crippen LogP contribution in [0.15, 0.2) is 11.6 Å². The molecule has 210 valence electrons. The molecule has 0 bridgehead atoms. The molecular formula is C28H36N4O7. The molecule has 11 nitrogen and oxygen atoms in total. The van der Waals surface area contributed by atoms with Crippen molar-refractivity contribution in [3.05, 3.63) is 28.3 Å². The standard InChI is InChI=1S/C28H36N4O7/c1-30(2)9-7-8-13-12-17(31(3)4)15-10-14-11-16-21(32(5)6)24(35)20(27(29)38)26(37)28(16,39)25(36)18(14)23(34)19(15)22(13)33/h12,14,16,20-21,24,33-35,39H,9-11H2,1-6H3,(H2,29,38)/t14-,16-,20?,21-,24?,28-/m1/s1. The van der Waals surface area contributed by atoms with E-state index in [0.29, 0.717) is 17.8 Å². The Bertz CT molecular complexity index is 1340. The molecule has 39 heavy (non-hydrogen) atoms. The van der Waals surface area contributed by atoms with E-state index < -0.39 is 58.7 Å². The van der Waals surface area contributed by atoms with E-state index in [1.165, 1.54) is 0 Å². The van der Waals surface area contributed by atoms with Crippen LogP contribution < -0.4 is 10.6 Å². The largest absolute Gasteiger partial charge is 0.507 e. The van der Waals surface area contributed by atoms with Gasteiger partial charge in [0, 0.05) is 37.3 Å². The zero-order valence-electron chi connectivity index (χ0n) is 23.0. The molecule has 0 aromatic heterocycles. The molecule has 1 aromatic carbocycles. The van der Waals surface area contributed by atoms with Crippen LogP contribution in [-0.2, 0) is 20.8 Å². The lowest BCUT2D eigenvalue weighted by Gasteiger charge is -2.53. The number of fused-ring (bicyclic) bond motifs is 3. The lowest BCUT2D eigenvalue weighted by atomic mass is 9.54. The maximum absolute atomic E-state index is 14.0. The molecule has 0 spiro atoms. The highest BCUT2D eigenvalue weighted by Gasteiger charge is 2.67. The van der Waals surface area contributed by atoms with Crippen molar-refractivity contribution >= 4 is 28.9 Å². The molecule has 3 aliphatic rings. The highest BCUT2D eigenvalue weighted by Crippen LogP contribution is 2.53. The fourth-order valence-electron chi connectivity index (χ4n) is 6.44. The number of primary amides is 1. The predicted octanol–water partition coefficient (Wildman–Crippen LogP) is -0.892. The minimum atomic E-state index is -2.69. The molecule has 1 aromatic rings. The number of hydrogen-bond donors (Lipinski definition) is 5. The minimum Gasteiger partial charge on any atom is -0.507 e. The highest BCUT2D eigenvalue weighted by atomic mass is 16.3. The summed E-state index contributed by atoms with van der Waals surface area (Å²) in [7, 11) is 10.6. The molecule has 1 amide bonds. The number of phenols is 1. The van der Waals surface area contributed by atoms with Crippen LogP contribution >= 0.6 is 0 Å². The van der Waals surface area contributed by atoms with Crippen LogP contribution in [0.1, 0.15) is 23.1 Å². The zero-order valence-corrected chi connectivity index (χ0v) is 23.0. The number of Topliss-reactive ketones (excluding diaryl/α,β-unsaturated/α-hetero) is 2. The smallest absolute Gasteiger partial charge is 0.230 e. The van der Waals surface area contributed by atoms with E-state index in [1.54, 1.807) is 25.1 Å². The van der Waals surface area contributed by atoms with Gasteiger partial charge < -0.3 is 36.0 Å². The summed E-state index contributed by atoms with van der Waals surface area (Å²) in [5, 5.41) is 45.4. The van der Waals surface area contributed by atoms with Crippen LogP contribution in [0.2, 0.25) is 0 Å². The van der Waals surface area contributed by atoms with Crippen LogP contribution in [0, 0.1) is 29.6 Å². The molecule has 0 aliphatic heterocycles. The molecule has 11 heteroatoms.